The van der Waals surface area contributed by atoms with Crippen LogP contribution in [0.1, 0.15) is 25.3 Å². The Morgan fingerprint density at radius 2 is 1.75 bits per heavy atom. The molecule has 170 valence electrons. The lowest BCUT2D eigenvalue weighted by molar-refractivity contribution is -0.142. The van der Waals surface area contributed by atoms with Crippen molar-refractivity contribution in [3.8, 4) is 0 Å². The van der Waals surface area contributed by atoms with Crippen molar-refractivity contribution in [2.24, 2.45) is 0 Å². The minimum absolute atomic E-state index is 0.00891. The number of anilines is 1. The number of aliphatic carboxylic acids is 1. The summed E-state index contributed by atoms with van der Waals surface area (Å²) in [5, 5.41) is 14.6. The van der Waals surface area contributed by atoms with Crippen LogP contribution in [0, 0.1) is 0 Å². The van der Waals surface area contributed by atoms with Gasteiger partial charge in [-0.2, -0.15) is 4.31 Å². The Balaban J connectivity index is 1.75. The molecule has 0 bridgehead atoms. The van der Waals surface area contributed by atoms with E-state index < -0.39 is 34.0 Å². The lowest BCUT2D eigenvalue weighted by Gasteiger charge is -2.25. The van der Waals surface area contributed by atoms with Crippen molar-refractivity contribution in [2.75, 3.05) is 11.9 Å². The van der Waals surface area contributed by atoms with Gasteiger partial charge < -0.3 is 15.7 Å². The Hall–Kier alpha value is -3.24. The van der Waals surface area contributed by atoms with Crippen LogP contribution in [0.5, 0.6) is 0 Å². The molecule has 0 aromatic heterocycles. The second-order valence-electron chi connectivity index (χ2n) is 7.57. The van der Waals surface area contributed by atoms with Crippen LogP contribution < -0.4 is 10.6 Å². The van der Waals surface area contributed by atoms with Gasteiger partial charge in [0.05, 0.1) is 4.90 Å². The topological polar surface area (TPSA) is 133 Å². The smallest absolute Gasteiger partial charge is 0.326 e. The Morgan fingerprint density at radius 3 is 2.34 bits per heavy atom. The highest BCUT2D eigenvalue weighted by Crippen LogP contribution is 2.27. The van der Waals surface area contributed by atoms with Gasteiger partial charge in [-0.1, -0.05) is 30.3 Å². The van der Waals surface area contributed by atoms with Crippen LogP contribution in [0.4, 0.5) is 5.69 Å². The summed E-state index contributed by atoms with van der Waals surface area (Å²) in [6, 6.07) is 12.4. The van der Waals surface area contributed by atoms with Gasteiger partial charge in [0.25, 0.3) is 0 Å². The molecule has 3 rings (SSSR count). The molecule has 1 saturated heterocycles. The monoisotopic (exact) mass is 459 g/mol. The molecular weight excluding hydrogens is 434 g/mol. The van der Waals surface area contributed by atoms with E-state index in [1.54, 1.807) is 24.3 Å². The maximum absolute atomic E-state index is 13.1. The van der Waals surface area contributed by atoms with Gasteiger partial charge in [0.15, 0.2) is 0 Å². The van der Waals surface area contributed by atoms with E-state index >= 15 is 0 Å². The molecule has 0 radical (unpaired) electrons. The van der Waals surface area contributed by atoms with Crippen LogP contribution in [-0.2, 0) is 30.8 Å². The molecule has 2 aromatic rings. The first kappa shape index (κ1) is 23.4. The number of carbonyl (C=O) groups excluding carboxylic acids is 2. The van der Waals surface area contributed by atoms with Crippen molar-refractivity contribution in [3.63, 3.8) is 0 Å². The third-order valence-electron chi connectivity index (χ3n) is 5.18. The predicted molar refractivity (Wildman–Crippen MR) is 117 cm³/mol. The fraction of sp³-hybridized carbons (Fsp3) is 0.318. The lowest BCUT2D eigenvalue weighted by Crippen LogP contribution is -2.51. The van der Waals surface area contributed by atoms with Crippen molar-refractivity contribution >= 4 is 33.5 Å². The van der Waals surface area contributed by atoms with Gasteiger partial charge in [0, 0.05) is 25.6 Å². The highest BCUT2D eigenvalue weighted by atomic mass is 32.2. The summed E-state index contributed by atoms with van der Waals surface area (Å²) in [4.78, 5) is 35.7. The molecule has 1 fully saturated rings. The number of carboxylic acid groups (broad SMARTS) is 1. The van der Waals surface area contributed by atoms with Gasteiger partial charge in [0.1, 0.15) is 12.1 Å². The van der Waals surface area contributed by atoms with Gasteiger partial charge in [0.2, 0.25) is 21.8 Å². The summed E-state index contributed by atoms with van der Waals surface area (Å²) < 4.78 is 27.4. The van der Waals surface area contributed by atoms with Crippen LogP contribution in [0.25, 0.3) is 0 Å². The van der Waals surface area contributed by atoms with Gasteiger partial charge >= 0.3 is 5.97 Å². The molecule has 1 heterocycles. The van der Waals surface area contributed by atoms with Gasteiger partial charge in [-0.05, 0) is 42.7 Å². The van der Waals surface area contributed by atoms with Crippen LogP contribution in [0.3, 0.4) is 0 Å². The van der Waals surface area contributed by atoms with E-state index in [1.165, 1.54) is 31.2 Å². The van der Waals surface area contributed by atoms with E-state index in [0.717, 1.165) is 9.87 Å². The van der Waals surface area contributed by atoms with Gasteiger partial charge in [-0.3, -0.25) is 9.59 Å². The SMILES string of the molecule is CC(=O)Nc1ccc(S(=O)(=O)N2CCC[C@H]2C(=O)N[C@@H](Cc2ccccc2)C(=O)O)cc1. The zero-order valence-electron chi connectivity index (χ0n) is 17.5. The van der Waals surface area contributed by atoms with E-state index in [0.29, 0.717) is 18.5 Å². The molecule has 9 nitrogen and oxygen atoms in total. The van der Waals surface area contributed by atoms with Crippen LogP contribution >= 0.6 is 0 Å². The predicted octanol–water partition coefficient (Wildman–Crippen LogP) is 1.61. The van der Waals surface area contributed by atoms with Crippen LogP contribution in [0.15, 0.2) is 59.5 Å². The molecule has 2 atom stereocenters. The van der Waals surface area contributed by atoms with Crippen LogP contribution in [-0.4, -0.2) is 54.2 Å². The molecule has 0 aliphatic carbocycles. The van der Waals surface area contributed by atoms with E-state index in [9.17, 15) is 27.9 Å². The Morgan fingerprint density at radius 1 is 1.09 bits per heavy atom. The summed E-state index contributed by atoms with van der Waals surface area (Å²) >= 11 is 0. The van der Waals surface area contributed by atoms with Crippen molar-refractivity contribution in [3.05, 3.63) is 60.2 Å². The number of rotatable bonds is 8. The first-order chi connectivity index (χ1) is 15.2. The number of hydrogen-bond donors (Lipinski definition) is 3. The summed E-state index contributed by atoms with van der Waals surface area (Å²) in [6.07, 6.45) is 0.871. The number of nitrogens with zero attached hydrogens (tertiary/aromatic N) is 1. The number of carboxylic acids is 1. The maximum Gasteiger partial charge on any atom is 0.326 e. The first-order valence-corrected chi connectivity index (χ1v) is 11.6. The summed E-state index contributed by atoms with van der Waals surface area (Å²) in [5.41, 5.74) is 1.20. The van der Waals surface area contributed by atoms with Crippen LogP contribution in [0.2, 0.25) is 0 Å². The zero-order chi connectivity index (χ0) is 23.3. The Bertz CT molecular complexity index is 1090. The molecule has 2 amide bonds. The van der Waals surface area contributed by atoms with Crippen molar-refractivity contribution in [1.82, 2.24) is 9.62 Å². The average Bonchev–Trinajstić information content (AvgIpc) is 3.25. The van der Waals surface area contributed by atoms with Gasteiger partial charge in [-0.25, -0.2) is 13.2 Å². The molecule has 0 spiro atoms. The van der Waals surface area contributed by atoms with Crippen molar-refractivity contribution in [2.45, 2.75) is 43.2 Å². The number of nitrogens with one attached hydrogen (secondary N) is 2. The number of carbonyl (C=O) groups is 3. The fourth-order valence-electron chi connectivity index (χ4n) is 3.66. The number of hydrogen-bond acceptors (Lipinski definition) is 5. The maximum atomic E-state index is 13.1. The van der Waals surface area contributed by atoms with E-state index in [1.807, 2.05) is 6.07 Å². The van der Waals surface area contributed by atoms with E-state index in [-0.39, 0.29) is 23.8 Å². The molecule has 3 N–H and O–H groups in total. The van der Waals surface area contributed by atoms with Gasteiger partial charge in [-0.15, -0.1) is 0 Å². The molecule has 0 saturated carbocycles. The average molecular weight is 460 g/mol. The molecule has 2 aromatic carbocycles. The quantitative estimate of drug-likeness (QED) is 0.549. The minimum Gasteiger partial charge on any atom is -0.480 e. The summed E-state index contributed by atoms with van der Waals surface area (Å²) in [6.45, 7) is 1.50. The second-order valence-corrected chi connectivity index (χ2v) is 9.46. The normalized spacial score (nSPS) is 17.5. The van der Waals surface area contributed by atoms with E-state index in [2.05, 4.69) is 10.6 Å². The Kier molecular flexibility index (Phi) is 7.26. The zero-order valence-corrected chi connectivity index (χ0v) is 18.3. The second kappa shape index (κ2) is 9.92. The summed E-state index contributed by atoms with van der Waals surface area (Å²) in [5.74, 6) is -2.10. The largest absolute Gasteiger partial charge is 0.480 e. The third kappa shape index (κ3) is 5.51. The molecular formula is C22H25N3O6S. The third-order valence-corrected chi connectivity index (χ3v) is 7.11. The molecule has 1 aliphatic heterocycles. The highest BCUT2D eigenvalue weighted by Gasteiger charge is 2.40. The lowest BCUT2D eigenvalue weighted by atomic mass is 10.1. The number of benzene rings is 2. The standard InChI is InChI=1S/C22H25N3O6S/c1-15(26)23-17-9-11-18(12-10-17)32(30,31)25-13-5-8-20(25)21(27)24-19(22(28)29)14-16-6-3-2-4-7-16/h2-4,6-7,9-12,19-20H,5,8,13-14H2,1H3,(H,23,26)(H,24,27)(H,28,29)/t19-,20-/m0/s1. The minimum atomic E-state index is -3.98. The Labute approximate surface area is 186 Å². The fourth-order valence-corrected chi connectivity index (χ4v) is 5.31. The summed E-state index contributed by atoms with van der Waals surface area (Å²) in [7, 11) is -3.98. The van der Waals surface area contributed by atoms with Crippen molar-refractivity contribution < 1.29 is 27.9 Å². The van der Waals surface area contributed by atoms with E-state index in [4.69, 9.17) is 0 Å². The van der Waals surface area contributed by atoms with Crippen molar-refractivity contribution in [1.29, 1.82) is 0 Å². The number of sulfonamides is 1. The first-order valence-electron chi connectivity index (χ1n) is 10.1. The molecule has 32 heavy (non-hydrogen) atoms. The molecule has 10 heteroatoms. The molecule has 0 unspecified atom stereocenters. The molecule has 1 aliphatic rings. The highest BCUT2D eigenvalue weighted by molar-refractivity contribution is 7.89. The number of amides is 2.